The van der Waals surface area contributed by atoms with Gasteiger partial charge in [-0.05, 0) is 47.7 Å². The SMILES string of the molecule is C#CCOCCOc1ccc(Cc2cc([C@@H]3CC(O)[C@H](O)C(CO)O3)ccc2C)cc1. The predicted molar refractivity (Wildman–Crippen MR) is 117 cm³/mol. The highest BCUT2D eigenvalue weighted by molar-refractivity contribution is 5.38. The van der Waals surface area contributed by atoms with Gasteiger partial charge in [-0.2, -0.15) is 0 Å². The minimum absolute atomic E-state index is 0.285. The number of aliphatic hydroxyl groups is 3. The first kappa shape index (κ1) is 23.3. The van der Waals surface area contributed by atoms with E-state index in [2.05, 4.69) is 18.9 Å². The number of terminal acetylenes is 1. The summed E-state index contributed by atoms with van der Waals surface area (Å²) in [5.74, 6) is 3.19. The number of hydrogen-bond donors (Lipinski definition) is 3. The fourth-order valence-corrected chi connectivity index (χ4v) is 3.67. The van der Waals surface area contributed by atoms with Crippen LogP contribution in [-0.2, 0) is 15.9 Å². The maximum absolute atomic E-state index is 10.1. The fraction of sp³-hybridized carbons (Fsp3) is 0.440. The van der Waals surface area contributed by atoms with E-state index < -0.39 is 18.3 Å². The molecule has 2 aromatic carbocycles. The highest BCUT2D eigenvalue weighted by atomic mass is 16.5. The number of benzene rings is 2. The number of aryl methyl sites for hydroxylation is 1. The fourth-order valence-electron chi connectivity index (χ4n) is 3.67. The molecule has 6 nitrogen and oxygen atoms in total. The Bertz CT molecular complexity index is 873. The zero-order valence-electron chi connectivity index (χ0n) is 17.7. The molecule has 1 aliphatic heterocycles. The third-order valence-corrected chi connectivity index (χ3v) is 5.49. The number of aliphatic hydroxyl groups excluding tert-OH is 3. The van der Waals surface area contributed by atoms with E-state index in [4.69, 9.17) is 20.6 Å². The van der Waals surface area contributed by atoms with Crippen LogP contribution in [0.5, 0.6) is 5.75 Å². The Labute approximate surface area is 183 Å². The van der Waals surface area contributed by atoms with Gasteiger partial charge in [0.2, 0.25) is 0 Å². The molecule has 0 spiro atoms. The average molecular weight is 427 g/mol. The summed E-state index contributed by atoms with van der Waals surface area (Å²) in [5.41, 5.74) is 4.38. The van der Waals surface area contributed by atoms with Gasteiger partial charge in [-0.25, -0.2) is 0 Å². The van der Waals surface area contributed by atoms with Crippen LogP contribution in [0.1, 0.15) is 34.8 Å². The molecule has 0 aliphatic carbocycles. The lowest BCUT2D eigenvalue weighted by molar-refractivity contribution is -0.181. The molecular weight excluding hydrogens is 396 g/mol. The van der Waals surface area contributed by atoms with Crippen molar-refractivity contribution in [1.29, 1.82) is 0 Å². The van der Waals surface area contributed by atoms with Crippen molar-refractivity contribution in [1.82, 2.24) is 0 Å². The summed E-state index contributed by atoms with van der Waals surface area (Å²) in [7, 11) is 0. The van der Waals surface area contributed by atoms with Crippen LogP contribution < -0.4 is 4.74 Å². The Balaban J connectivity index is 1.64. The highest BCUT2D eigenvalue weighted by Crippen LogP contribution is 2.33. The second kappa shape index (κ2) is 11.3. The van der Waals surface area contributed by atoms with E-state index in [1.165, 1.54) is 0 Å². The summed E-state index contributed by atoms with van der Waals surface area (Å²) in [6.45, 7) is 2.90. The second-order valence-electron chi connectivity index (χ2n) is 7.75. The Morgan fingerprint density at radius 2 is 1.90 bits per heavy atom. The van der Waals surface area contributed by atoms with Gasteiger partial charge in [0.05, 0.1) is 25.4 Å². The van der Waals surface area contributed by atoms with E-state index >= 15 is 0 Å². The van der Waals surface area contributed by atoms with Crippen LogP contribution in [0.15, 0.2) is 42.5 Å². The Hall–Kier alpha value is -2.40. The van der Waals surface area contributed by atoms with Crippen molar-refractivity contribution in [2.45, 2.75) is 44.2 Å². The molecule has 31 heavy (non-hydrogen) atoms. The van der Waals surface area contributed by atoms with Crippen LogP contribution in [0.4, 0.5) is 0 Å². The standard InChI is InChI=1S/C25H30O6/c1-3-10-29-11-12-30-21-8-5-18(6-9-21)13-20-14-19(7-4-17(20)2)23-15-22(27)25(28)24(16-26)31-23/h1,4-9,14,22-28H,10-13,15-16H2,2H3/t22?,23-,24?,25-/m0/s1. The molecule has 2 unspecified atom stereocenters. The highest BCUT2D eigenvalue weighted by Gasteiger charge is 2.36. The van der Waals surface area contributed by atoms with E-state index in [0.29, 0.717) is 13.2 Å². The van der Waals surface area contributed by atoms with Crippen LogP contribution in [0.25, 0.3) is 0 Å². The van der Waals surface area contributed by atoms with Gasteiger partial charge in [0, 0.05) is 6.42 Å². The third kappa shape index (κ3) is 6.30. The molecular formula is C25H30O6. The van der Waals surface area contributed by atoms with E-state index in [1.54, 1.807) is 0 Å². The van der Waals surface area contributed by atoms with Crippen molar-refractivity contribution in [3.8, 4) is 18.1 Å². The van der Waals surface area contributed by atoms with Gasteiger partial charge in [-0.3, -0.25) is 0 Å². The van der Waals surface area contributed by atoms with E-state index in [9.17, 15) is 15.3 Å². The van der Waals surface area contributed by atoms with Crippen LogP contribution in [-0.4, -0.2) is 60.1 Å². The van der Waals surface area contributed by atoms with Gasteiger partial charge in [-0.1, -0.05) is 36.3 Å². The molecule has 0 amide bonds. The van der Waals surface area contributed by atoms with E-state index in [-0.39, 0.29) is 25.7 Å². The smallest absolute Gasteiger partial charge is 0.119 e. The van der Waals surface area contributed by atoms with Gasteiger partial charge < -0.3 is 29.5 Å². The molecule has 0 bridgehead atoms. The molecule has 1 heterocycles. The minimum atomic E-state index is -1.07. The average Bonchev–Trinajstić information content (AvgIpc) is 2.78. The van der Waals surface area contributed by atoms with Crippen LogP contribution in [0.2, 0.25) is 0 Å². The van der Waals surface area contributed by atoms with Gasteiger partial charge in [0.1, 0.15) is 31.2 Å². The summed E-state index contributed by atoms with van der Waals surface area (Å²) in [6.07, 6.45) is 3.00. The van der Waals surface area contributed by atoms with Crippen molar-refractivity contribution in [3.63, 3.8) is 0 Å². The van der Waals surface area contributed by atoms with Crippen molar-refractivity contribution in [2.24, 2.45) is 0 Å². The van der Waals surface area contributed by atoms with Crippen molar-refractivity contribution < 1.29 is 29.5 Å². The monoisotopic (exact) mass is 426 g/mol. The van der Waals surface area contributed by atoms with Crippen LogP contribution in [0, 0.1) is 19.3 Å². The Morgan fingerprint density at radius 3 is 2.61 bits per heavy atom. The predicted octanol–water partition coefficient (Wildman–Crippen LogP) is 2.16. The molecule has 0 saturated carbocycles. The summed E-state index contributed by atoms with van der Waals surface area (Å²) in [5, 5.41) is 29.5. The van der Waals surface area contributed by atoms with E-state index in [0.717, 1.165) is 34.4 Å². The molecule has 0 radical (unpaired) electrons. The quantitative estimate of drug-likeness (QED) is 0.421. The topological polar surface area (TPSA) is 88.4 Å². The number of rotatable bonds is 9. The van der Waals surface area contributed by atoms with Gasteiger partial charge in [-0.15, -0.1) is 6.42 Å². The summed E-state index contributed by atoms with van der Waals surface area (Å²) in [6, 6.07) is 14.0. The van der Waals surface area contributed by atoms with Gasteiger partial charge in [0.15, 0.2) is 0 Å². The normalized spacial score (nSPS) is 23.3. The Kier molecular flexibility index (Phi) is 8.47. The molecule has 2 aromatic rings. The minimum Gasteiger partial charge on any atom is -0.491 e. The van der Waals surface area contributed by atoms with Crippen molar-refractivity contribution >= 4 is 0 Å². The second-order valence-corrected chi connectivity index (χ2v) is 7.75. The molecule has 6 heteroatoms. The van der Waals surface area contributed by atoms with Crippen molar-refractivity contribution in [2.75, 3.05) is 26.4 Å². The molecule has 1 aliphatic rings. The zero-order chi connectivity index (χ0) is 22.2. The van der Waals surface area contributed by atoms with Crippen LogP contribution in [0.3, 0.4) is 0 Å². The van der Waals surface area contributed by atoms with Gasteiger partial charge >= 0.3 is 0 Å². The number of hydrogen-bond acceptors (Lipinski definition) is 6. The molecule has 166 valence electrons. The van der Waals surface area contributed by atoms with E-state index in [1.807, 2.05) is 36.4 Å². The molecule has 3 N–H and O–H groups in total. The molecule has 0 aromatic heterocycles. The largest absolute Gasteiger partial charge is 0.491 e. The van der Waals surface area contributed by atoms with Crippen molar-refractivity contribution in [3.05, 3.63) is 64.7 Å². The first-order valence-electron chi connectivity index (χ1n) is 10.5. The molecule has 3 rings (SSSR count). The van der Waals surface area contributed by atoms with Gasteiger partial charge in [0.25, 0.3) is 0 Å². The number of ether oxygens (including phenoxy) is 3. The molecule has 4 atom stereocenters. The maximum Gasteiger partial charge on any atom is 0.119 e. The zero-order valence-corrected chi connectivity index (χ0v) is 17.7. The molecule has 1 saturated heterocycles. The van der Waals surface area contributed by atoms with Crippen LogP contribution >= 0.6 is 0 Å². The molecule has 1 fully saturated rings. The first-order chi connectivity index (χ1) is 15.0. The lowest BCUT2D eigenvalue weighted by Crippen LogP contribution is -2.47. The Morgan fingerprint density at radius 1 is 1.13 bits per heavy atom. The first-order valence-corrected chi connectivity index (χ1v) is 10.5. The lowest BCUT2D eigenvalue weighted by atomic mass is 9.91. The lowest BCUT2D eigenvalue weighted by Gasteiger charge is -2.36. The summed E-state index contributed by atoms with van der Waals surface area (Å²) >= 11 is 0. The maximum atomic E-state index is 10.1. The summed E-state index contributed by atoms with van der Waals surface area (Å²) < 4.78 is 16.7. The third-order valence-electron chi connectivity index (χ3n) is 5.49. The summed E-state index contributed by atoms with van der Waals surface area (Å²) in [4.78, 5) is 0.